The lowest BCUT2D eigenvalue weighted by Crippen LogP contribution is -2.23. The molecule has 1 amide bonds. The van der Waals surface area contributed by atoms with E-state index in [0.29, 0.717) is 43.9 Å². The minimum Gasteiger partial charge on any atom is -0.493 e. The topological polar surface area (TPSA) is 94.8 Å². The first-order valence-corrected chi connectivity index (χ1v) is 13.4. The molecule has 1 heterocycles. The molecule has 4 aromatic rings. The number of fused-ring (bicyclic) bond motifs is 1. The van der Waals surface area contributed by atoms with Crippen molar-refractivity contribution in [1.82, 2.24) is 9.66 Å². The average Bonchev–Trinajstić information content (AvgIpc) is 2.88. The molecule has 38 heavy (non-hydrogen) atoms. The van der Waals surface area contributed by atoms with Crippen molar-refractivity contribution in [2.45, 2.75) is 26.7 Å². The van der Waals surface area contributed by atoms with Gasteiger partial charge in [-0.3, -0.25) is 9.59 Å². The number of aryl methyl sites for hydroxylation is 1. The van der Waals surface area contributed by atoms with E-state index in [1.165, 1.54) is 18.0 Å². The molecule has 196 valence electrons. The normalized spacial score (nSPS) is 11.3. The monoisotopic (exact) mass is 640 g/mol. The fourth-order valence-electron chi connectivity index (χ4n) is 3.80. The molecule has 0 bridgehead atoms. The van der Waals surface area contributed by atoms with Gasteiger partial charge in [-0.25, -0.2) is 4.98 Å². The molecular formula is C28H26Br2N4O4. The summed E-state index contributed by atoms with van der Waals surface area (Å²) in [5.74, 6) is 0.847. The Hall–Kier alpha value is -3.50. The van der Waals surface area contributed by atoms with Crippen LogP contribution in [-0.2, 0) is 4.79 Å². The first-order valence-electron chi connectivity index (χ1n) is 11.8. The van der Waals surface area contributed by atoms with E-state index in [1.54, 1.807) is 24.3 Å². The van der Waals surface area contributed by atoms with Crippen molar-refractivity contribution < 1.29 is 14.3 Å². The number of methoxy groups -OCH3 is 1. The number of anilines is 1. The van der Waals surface area contributed by atoms with Crippen LogP contribution in [0.2, 0.25) is 0 Å². The zero-order chi connectivity index (χ0) is 27.4. The fraction of sp³-hybridized carbons (Fsp3) is 0.214. The van der Waals surface area contributed by atoms with Crippen molar-refractivity contribution in [2.24, 2.45) is 5.10 Å². The maximum Gasteiger partial charge on any atom is 0.282 e. The predicted molar refractivity (Wildman–Crippen MR) is 157 cm³/mol. The summed E-state index contributed by atoms with van der Waals surface area (Å²) in [6, 6.07) is 16.4. The minimum absolute atomic E-state index is 0.0641. The van der Waals surface area contributed by atoms with Crippen LogP contribution >= 0.6 is 31.9 Å². The van der Waals surface area contributed by atoms with Crippen molar-refractivity contribution in [3.63, 3.8) is 0 Å². The van der Waals surface area contributed by atoms with Crippen LogP contribution in [0.1, 0.15) is 36.7 Å². The second-order valence-electron chi connectivity index (χ2n) is 8.83. The molecule has 4 rings (SSSR count). The van der Waals surface area contributed by atoms with Gasteiger partial charge in [0.2, 0.25) is 0 Å². The molecule has 0 aliphatic carbocycles. The lowest BCUT2D eigenvalue weighted by molar-refractivity contribution is -0.118. The number of hydrogen-bond donors (Lipinski definition) is 1. The van der Waals surface area contributed by atoms with Gasteiger partial charge in [0.25, 0.3) is 11.5 Å². The van der Waals surface area contributed by atoms with Gasteiger partial charge in [-0.2, -0.15) is 9.78 Å². The van der Waals surface area contributed by atoms with Crippen molar-refractivity contribution in [3.05, 3.63) is 90.8 Å². The lowest BCUT2D eigenvalue weighted by Gasteiger charge is -2.15. The Morgan fingerprint density at radius 1 is 1.13 bits per heavy atom. The summed E-state index contributed by atoms with van der Waals surface area (Å²) in [7, 11) is 1.51. The quantitative estimate of drug-likeness (QED) is 0.229. The minimum atomic E-state index is -0.324. The van der Waals surface area contributed by atoms with Crippen LogP contribution in [0.3, 0.4) is 0 Å². The summed E-state index contributed by atoms with van der Waals surface area (Å²) in [4.78, 5) is 30.7. The SMILES string of the molecule is COc1cc(Br)cc(C=Nn2c(C(C)C)nc3ccc(Br)cc3c2=O)c1OCC(=O)Nc1ccccc1C. The Morgan fingerprint density at radius 3 is 2.61 bits per heavy atom. The molecule has 0 aliphatic rings. The third-order valence-corrected chi connectivity index (χ3v) is 6.65. The number of hydrogen-bond acceptors (Lipinski definition) is 6. The second-order valence-corrected chi connectivity index (χ2v) is 10.7. The van der Waals surface area contributed by atoms with Gasteiger partial charge >= 0.3 is 0 Å². The summed E-state index contributed by atoms with van der Waals surface area (Å²) < 4.78 is 14.2. The van der Waals surface area contributed by atoms with Gasteiger partial charge in [0.1, 0.15) is 5.82 Å². The van der Waals surface area contributed by atoms with Crippen LogP contribution in [0.5, 0.6) is 11.5 Å². The zero-order valence-corrected chi connectivity index (χ0v) is 24.5. The van der Waals surface area contributed by atoms with E-state index < -0.39 is 0 Å². The van der Waals surface area contributed by atoms with Crippen LogP contribution in [0.25, 0.3) is 10.9 Å². The summed E-state index contributed by atoms with van der Waals surface area (Å²) in [5, 5.41) is 7.80. The average molecular weight is 642 g/mol. The van der Waals surface area contributed by atoms with Crippen LogP contribution in [0, 0.1) is 6.92 Å². The molecule has 3 aromatic carbocycles. The van der Waals surface area contributed by atoms with E-state index >= 15 is 0 Å². The molecule has 1 aromatic heterocycles. The summed E-state index contributed by atoms with van der Waals surface area (Å²) in [5.41, 5.74) is 2.47. The lowest BCUT2D eigenvalue weighted by atomic mass is 10.2. The molecule has 0 saturated heterocycles. The van der Waals surface area contributed by atoms with Crippen molar-refractivity contribution in [3.8, 4) is 11.5 Å². The summed E-state index contributed by atoms with van der Waals surface area (Å²) >= 11 is 6.90. The highest BCUT2D eigenvalue weighted by Crippen LogP contribution is 2.34. The first kappa shape index (κ1) is 27.5. The number of ether oxygens (including phenoxy) is 2. The standard InChI is InChI=1S/C28H26Br2N4O4/c1-16(2)27-33-23-10-9-19(29)12-21(23)28(36)34(27)31-14-18-11-20(30)13-24(37-4)26(18)38-15-25(35)32-22-8-6-5-7-17(22)3/h5-14,16H,15H2,1-4H3,(H,32,35). The van der Waals surface area contributed by atoms with Crippen LogP contribution in [0.4, 0.5) is 5.69 Å². The maximum atomic E-state index is 13.4. The number of rotatable bonds is 8. The smallest absolute Gasteiger partial charge is 0.282 e. The third kappa shape index (κ3) is 6.14. The number of benzene rings is 3. The summed E-state index contributed by atoms with van der Waals surface area (Å²) in [6.07, 6.45) is 1.50. The first-order chi connectivity index (χ1) is 18.2. The Labute approximate surface area is 236 Å². The van der Waals surface area contributed by atoms with Crippen LogP contribution in [0.15, 0.2) is 73.4 Å². The zero-order valence-electron chi connectivity index (χ0n) is 21.3. The fourth-order valence-corrected chi connectivity index (χ4v) is 4.61. The molecule has 0 unspecified atom stereocenters. The van der Waals surface area contributed by atoms with Crippen molar-refractivity contribution in [1.29, 1.82) is 0 Å². The Bertz CT molecular complexity index is 1600. The van der Waals surface area contributed by atoms with E-state index in [1.807, 2.05) is 51.1 Å². The molecule has 8 nitrogen and oxygen atoms in total. The highest BCUT2D eigenvalue weighted by molar-refractivity contribution is 9.10. The van der Waals surface area contributed by atoms with Gasteiger partial charge in [0.05, 0.1) is 24.2 Å². The maximum absolute atomic E-state index is 13.4. The van der Waals surface area contributed by atoms with E-state index in [4.69, 9.17) is 9.47 Å². The number of nitrogens with zero attached hydrogens (tertiary/aromatic N) is 3. The predicted octanol–water partition coefficient (Wildman–Crippen LogP) is 6.26. The Balaban J connectivity index is 1.70. The van der Waals surface area contributed by atoms with Crippen molar-refractivity contribution >= 4 is 60.6 Å². The van der Waals surface area contributed by atoms with Gasteiger partial charge in [-0.1, -0.05) is 63.9 Å². The molecule has 1 N–H and O–H groups in total. The van der Waals surface area contributed by atoms with E-state index in [9.17, 15) is 9.59 Å². The molecule has 0 radical (unpaired) electrons. The number of para-hydroxylation sites is 1. The van der Waals surface area contributed by atoms with Gasteiger partial charge in [-0.05, 0) is 48.9 Å². The largest absolute Gasteiger partial charge is 0.493 e. The number of nitrogens with one attached hydrogen (secondary N) is 1. The molecule has 0 saturated carbocycles. The Kier molecular flexibility index (Phi) is 8.63. The van der Waals surface area contributed by atoms with E-state index in [-0.39, 0.29) is 24.0 Å². The van der Waals surface area contributed by atoms with E-state index in [0.717, 1.165) is 10.0 Å². The number of halogens is 2. The highest BCUT2D eigenvalue weighted by Gasteiger charge is 2.17. The molecule has 0 spiro atoms. The number of carbonyl (C=O) groups is 1. The van der Waals surface area contributed by atoms with Gasteiger partial charge in [0, 0.05) is 26.1 Å². The summed E-state index contributed by atoms with van der Waals surface area (Å²) in [6.45, 7) is 5.55. The van der Waals surface area contributed by atoms with Crippen molar-refractivity contribution in [2.75, 3.05) is 19.0 Å². The third-order valence-electron chi connectivity index (χ3n) is 5.70. The Morgan fingerprint density at radius 2 is 1.89 bits per heavy atom. The van der Waals surface area contributed by atoms with Gasteiger partial charge in [0.15, 0.2) is 18.1 Å². The number of aromatic nitrogens is 2. The molecule has 0 atom stereocenters. The molecule has 10 heteroatoms. The van der Waals surface area contributed by atoms with Gasteiger partial charge < -0.3 is 14.8 Å². The van der Waals surface area contributed by atoms with Crippen LogP contribution in [-0.4, -0.2) is 35.5 Å². The van der Waals surface area contributed by atoms with E-state index in [2.05, 4.69) is 47.3 Å². The number of carbonyl (C=O) groups excluding carboxylic acids is 1. The highest BCUT2D eigenvalue weighted by atomic mass is 79.9. The van der Waals surface area contributed by atoms with Gasteiger partial charge in [-0.15, -0.1) is 0 Å². The second kappa shape index (κ2) is 11.9. The number of amides is 1. The molecule has 0 aliphatic heterocycles. The molecule has 0 fully saturated rings. The van der Waals surface area contributed by atoms with Crippen LogP contribution < -0.4 is 20.3 Å². The molecular weight excluding hydrogens is 616 g/mol.